The van der Waals surface area contributed by atoms with Crippen molar-refractivity contribution in [2.75, 3.05) is 0 Å². The Balaban J connectivity index is 2.63. The van der Waals surface area contributed by atoms with Crippen molar-refractivity contribution in [2.45, 2.75) is 19.8 Å². The second kappa shape index (κ2) is 3.23. The third-order valence-corrected chi connectivity index (χ3v) is 1.36. The summed E-state index contributed by atoms with van der Waals surface area (Å²) in [4.78, 5) is 4.05. The molecule has 0 N–H and O–H groups in total. The Kier molecular flexibility index (Phi) is 2.25. The van der Waals surface area contributed by atoms with Gasteiger partial charge in [-0.2, -0.15) is 0 Å². The monoisotopic (exact) mass is 121 g/mol. The van der Waals surface area contributed by atoms with Gasteiger partial charge in [0, 0.05) is 12.4 Å². The molecule has 0 aliphatic carbocycles. The summed E-state index contributed by atoms with van der Waals surface area (Å²) in [6.45, 7) is 2.14. The third kappa shape index (κ3) is 1.84. The quantitative estimate of drug-likeness (QED) is 0.504. The Morgan fingerprint density at radius 2 is 2.56 bits per heavy atom. The molecule has 0 amide bonds. The molecule has 1 nitrogen and oxygen atoms in total. The molecule has 0 saturated heterocycles. The highest BCUT2D eigenvalue weighted by atomic mass is 14.7. The smallest absolute Gasteiger partial charge is 0.0296 e. The summed E-state index contributed by atoms with van der Waals surface area (Å²) in [6.07, 6.45) is 10.1. The van der Waals surface area contributed by atoms with Crippen LogP contribution in [0.25, 0.3) is 0 Å². The average molecular weight is 121 g/mol. The maximum Gasteiger partial charge on any atom is 0.0296 e. The average Bonchev–Trinajstić information content (AvgIpc) is 2.13. The maximum atomic E-state index is 4.05. The lowest BCUT2D eigenvalue weighted by Crippen LogP contribution is -1.78. The summed E-state index contributed by atoms with van der Waals surface area (Å²) in [5.41, 5.74) is 1.33. The summed E-state index contributed by atoms with van der Waals surface area (Å²) < 4.78 is 0. The van der Waals surface area contributed by atoms with Gasteiger partial charge in [0.15, 0.2) is 0 Å². The third-order valence-electron chi connectivity index (χ3n) is 1.36. The zero-order chi connectivity index (χ0) is 6.53. The molecular weight excluding hydrogens is 110 g/mol. The molecule has 1 rings (SSSR count). The number of nitrogens with zero attached hydrogens (tertiary/aromatic N) is 1. The molecule has 0 bridgehead atoms. The first-order valence-electron chi connectivity index (χ1n) is 3.30. The van der Waals surface area contributed by atoms with E-state index in [1.165, 1.54) is 5.57 Å². The zero-order valence-electron chi connectivity index (χ0n) is 5.67. The van der Waals surface area contributed by atoms with Crippen LogP contribution < -0.4 is 0 Å². The lowest BCUT2D eigenvalue weighted by molar-refractivity contribution is 1.16. The van der Waals surface area contributed by atoms with Gasteiger partial charge in [-0.1, -0.05) is 19.1 Å². The van der Waals surface area contributed by atoms with Crippen molar-refractivity contribution < 1.29 is 0 Å². The fourth-order valence-electron chi connectivity index (χ4n) is 0.768. The molecule has 1 heteroatoms. The Morgan fingerprint density at radius 3 is 3.33 bits per heavy atom. The summed E-state index contributed by atoms with van der Waals surface area (Å²) in [5, 5.41) is 0. The van der Waals surface area contributed by atoms with Crippen LogP contribution in [0.1, 0.15) is 19.8 Å². The Bertz CT molecular complexity index is 163. The molecule has 1 aliphatic heterocycles. The molecule has 0 aromatic rings. The standard InChI is InChI=1S/C8H11N/c1-2-8-5-3-4-6-9-7-8/h4-7H,2-3H2,1H3. The fourth-order valence-corrected chi connectivity index (χ4v) is 0.768. The van der Waals surface area contributed by atoms with E-state index < -0.39 is 0 Å². The van der Waals surface area contributed by atoms with E-state index in [1.807, 2.05) is 12.4 Å². The number of aliphatic imine (C=N–C) groups is 1. The molecule has 48 valence electrons. The molecule has 0 spiro atoms. The predicted molar refractivity (Wildman–Crippen MR) is 40.6 cm³/mol. The van der Waals surface area contributed by atoms with E-state index in [-0.39, 0.29) is 0 Å². The van der Waals surface area contributed by atoms with E-state index in [2.05, 4.69) is 24.1 Å². The molecule has 0 unspecified atom stereocenters. The zero-order valence-corrected chi connectivity index (χ0v) is 5.67. The molecule has 9 heavy (non-hydrogen) atoms. The van der Waals surface area contributed by atoms with Gasteiger partial charge >= 0.3 is 0 Å². The highest BCUT2D eigenvalue weighted by Crippen LogP contribution is 2.02. The van der Waals surface area contributed by atoms with E-state index >= 15 is 0 Å². The van der Waals surface area contributed by atoms with Crippen LogP contribution >= 0.6 is 0 Å². The number of rotatable bonds is 1. The number of allylic oxidation sites excluding steroid dienone is 3. The SMILES string of the molecule is CCC1=CCC=CN=C1. The van der Waals surface area contributed by atoms with E-state index in [9.17, 15) is 0 Å². The normalized spacial score (nSPS) is 17.2. The van der Waals surface area contributed by atoms with Gasteiger partial charge in [-0.15, -0.1) is 0 Å². The van der Waals surface area contributed by atoms with Gasteiger partial charge in [0.1, 0.15) is 0 Å². The lowest BCUT2D eigenvalue weighted by atomic mass is 10.2. The van der Waals surface area contributed by atoms with Crippen LogP contribution in [-0.4, -0.2) is 6.21 Å². The molecule has 0 radical (unpaired) electrons. The minimum atomic E-state index is 1.03. The van der Waals surface area contributed by atoms with Gasteiger partial charge in [0.2, 0.25) is 0 Å². The first kappa shape index (κ1) is 6.27. The molecule has 0 aromatic heterocycles. The molecular formula is C8H11N. The van der Waals surface area contributed by atoms with Crippen molar-refractivity contribution >= 4 is 6.21 Å². The highest BCUT2D eigenvalue weighted by molar-refractivity contribution is 5.79. The van der Waals surface area contributed by atoms with Crippen LogP contribution in [0.3, 0.4) is 0 Å². The van der Waals surface area contributed by atoms with Gasteiger partial charge in [-0.05, 0) is 18.4 Å². The summed E-state index contributed by atoms with van der Waals surface area (Å²) in [6, 6.07) is 0. The van der Waals surface area contributed by atoms with Crippen molar-refractivity contribution in [1.82, 2.24) is 0 Å². The molecule has 1 heterocycles. The van der Waals surface area contributed by atoms with Crippen LogP contribution in [0.2, 0.25) is 0 Å². The predicted octanol–water partition coefficient (Wildman–Crippen LogP) is 2.31. The second-order valence-corrected chi connectivity index (χ2v) is 2.03. The van der Waals surface area contributed by atoms with Crippen LogP contribution in [0.15, 0.2) is 28.9 Å². The van der Waals surface area contributed by atoms with Crippen LogP contribution in [0.5, 0.6) is 0 Å². The number of hydrogen-bond donors (Lipinski definition) is 0. The fraction of sp³-hybridized carbons (Fsp3) is 0.375. The summed E-state index contributed by atoms with van der Waals surface area (Å²) in [7, 11) is 0. The molecule has 0 fully saturated rings. The van der Waals surface area contributed by atoms with E-state index in [1.54, 1.807) is 0 Å². The van der Waals surface area contributed by atoms with Crippen LogP contribution in [0.4, 0.5) is 0 Å². The van der Waals surface area contributed by atoms with Gasteiger partial charge in [0.05, 0.1) is 0 Å². The Hall–Kier alpha value is -0.850. The Labute approximate surface area is 55.8 Å². The molecule has 0 saturated carbocycles. The van der Waals surface area contributed by atoms with Gasteiger partial charge < -0.3 is 0 Å². The topological polar surface area (TPSA) is 12.4 Å². The maximum absolute atomic E-state index is 4.05. The molecule has 1 aliphatic rings. The summed E-state index contributed by atoms with van der Waals surface area (Å²) in [5.74, 6) is 0. The van der Waals surface area contributed by atoms with E-state index in [0.29, 0.717) is 0 Å². The van der Waals surface area contributed by atoms with Crippen molar-refractivity contribution in [3.05, 3.63) is 23.9 Å². The van der Waals surface area contributed by atoms with Crippen molar-refractivity contribution in [3.8, 4) is 0 Å². The van der Waals surface area contributed by atoms with Crippen molar-refractivity contribution in [2.24, 2.45) is 4.99 Å². The van der Waals surface area contributed by atoms with Gasteiger partial charge in [-0.3, -0.25) is 4.99 Å². The van der Waals surface area contributed by atoms with Gasteiger partial charge in [-0.25, -0.2) is 0 Å². The van der Waals surface area contributed by atoms with Gasteiger partial charge in [0.25, 0.3) is 0 Å². The van der Waals surface area contributed by atoms with Crippen molar-refractivity contribution in [1.29, 1.82) is 0 Å². The minimum absolute atomic E-state index is 1.03. The first-order chi connectivity index (χ1) is 4.43. The highest BCUT2D eigenvalue weighted by Gasteiger charge is 1.88. The van der Waals surface area contributed by atoms with Crippen molar-refractivity contribution in [3.63, 3.8) is 0 Å². The largest absolute Gasteiger partial charge is 0.265 e. The minimum Gasteiger partial charge on any atom is -0.265 e. The van der Waals surface area contributed by atoms with E-state index in [4.69, 9.17) is 0 Å². The summed E-state index contributed by atoms with van der Waals surface area (Å²) >= 11 is 0. The second-order valence-electron chi connectivity index (χ2n) is 2.03. The molecule has 0 aromatic carbocycles. The lowest BCUT2D eigenvalue weighted by Gasteiger charge is -1.89. The Morgan fingerprint density at radius 1 is 1.67 bits per heavy atom. The van der Waals surface area contributed by atoms with Crippen LogP contribution in [0, 0.1) is 0 Å². The first-order valence-corrected chi connectivity index (χ1v) is 3.30. The van der Waals surface area contributed by atoms with Crippen LogP contribution in [-0.2, 0) is 0 Å². The molecule has 0 atom stereocenters. The number of hydrogen-bond acceptors (Lipinski definition) is 1. The van der Waals surface area contributed by atoms with E-state index in [0.717, 1.165) is 12.8 Å².